The van der Waals surface area contributed by atoms with Crippen molar-refractivity contribution in [2.24, 2.45) is 0 Å². The Labute approximate surface area is 116 Å². The van der Waals surface area contributed by atoms with Crippen LogP contribution in [-0.4, -0.2) is 19.2 Å². The lowest BCUT2D eigenvalue weighted by Crippen LogP contribution is -2.35. The predicted octanol–water partition coefficient (Wildman–Crippen LogP) is 4.01. The molecule has 1 saturated heterocycles. The van der Waals surface area contributed by atoms with Crippen LogP contribution in [0.3, 0.4) is 0 Å². The zero-order valence-electron chi connectivity index (χ0n) is 9.72. The van der Waals surface area contributed by atoms with Crippen molar-refractivity contribution in [3.63, 3.8) is 0 Å². The SMILES string of the molecule is Clc1ccc(OCC[C@@H]2CCCCN2)c(Br)c1. The smallest absolute Gasteiger partial charge is 0.133 e. The molecule has 0 aliphatic carbocycles. The van der Waals surface area contributed by atoms with Crippen LogP contribution in [0.1, 0.15) is 25.7 Å². The maximum absolute atomic E-state index is 5.88. The Morgan fingerprint density at radius 3 is 3.00 bits per heavy atom. The fourth-order valence-electron chi connectivity index (χ4n) is 2.07. The molecule has 1 aliphatic rings. The maximum atomic E-state index is 5.88. The van der Waals surface area contributed by atoms with Gasteiger partial charge in [0.2, 0.25) is 0 Å². The molecule has 1 fully saturated rings. The number of benzene rings is 1. The Morgan fingerprint density at radius 1 is 1.41 bits per heavy atom. The monoisotopic (exact) mass is 317 g/mol. The van der Waals surface area contributed by atoms with Gasteiger partial charge in [0.15, 0.2) is 0 Å². The third kappa shape index (κ3) is 4.16. The van der Waals surface area contributed by atoms with Crippen molar-refractivity contribution < 1.29 is 4.74 Å². The summed E-state index contributed by atoms with van der Waals surface area (Å²) >= 11 is 9.33. The van der Waals surface area contributed by atoms with E-state index in [-0.39, 0.29) is 0 Å². The molecule has 4 heteroatoms. The number of nitrogens with one attached hydrogen (secondary N) is 1. The molecule has 0 radical (unpaired) electrons. The highest BCUT2D eigenvalue weighted by Crippen LogP contribution is 2.28. The van der Waals surface area contributed by atoms with E-state index in [1.165, 1.54) is 19.3 Å². The molecular formula is C13H17BrClNO. The molecule has 2 rings (SSSR count). The number of rotatable bonds is 4. The molecule has 0 bridgehead atoms. The summed E-state index contributed by atoms with van der Waals surface area (Å²) in [4.78, 5) is 0. The van der Waals surface area contributed by atoms with E-state index in [1.807, 2.05) is 18.2 Å². The summed E-state index contributed by atoms with van der Waals surface area (Å²) in [5.41, 5.74) is 0. The fraction of sp³-hybridized carbons (Fsp3) is 0.538. The van der Waals surface area contributed by atoms with Gasteiger partial charge >= 0.3 is 0 Å². The predicted molar refractivity (Wildman–Crippen MR) is 74.9 cm³/mol. The summed E-state index contributed by atoms with van der Waals surface area (Å²) in [5.74, 6) is 0.866. The van der Waals surface area contributed by atoms with Crippen molar-refractivity contribution in [1.29, 1.82) is 0 Å². The Kier molecular flexibility index (Phi) is 5.14. The second-order valence-corrected chi connectivity index (χ2v) is 5.65. The van der Waals surface area contributed by atoms with Gasteiger partial charge in [0, 0.05) is 11.1 Å². The Balaban J connectivity index is 1.77. The molecule has 0 saturated carbocycles. The minimum atomic E-state index is 0.620. The molecule has 0 amide bonds. The molecule has 2 nitrogen and oxygen atoms in total. The number of ether oxygens (including phenoxy) is 1. The second kappa shape index (κ2) is 6.62. The molecule has 0 aromatic heterocycles. The summed E-state index contributed by atoms with van der Waals surface area (Å²) in [6.07, 6.45) is 4.97. The van der Waals surface area contributed by atoms with Crippen LogP contribution < -0.4 is 10.1 Å². The number of halogens is 2. The normalized spacial score (nSPS) is 20.2. The first-order valence-electron chi connectivity index (χ1n) is 6.07. The Bertz CT molecular complexity index is 366. The standard InChI is InChI=1S/C13H17BrClNO/c14-12-9-10(15)4-5-13(12)17-8-6-11-3-1-2-7-16-11/h4-5,9,11,16H,1-3,6-8H2/t11-/m0/s1. The van der Waals surface area contributed by atoms with Gasteiger partial charge in [0.1, 0.15) is 5.75 Å². The fourth-order valence-corrected chi connectivity index (χ4v) is 2.87. The van der Waals surface area contributed by atoms with Crippen LogP contribution in [0.5, 0.6) is 5.75 Å². The van der Waals surface area contributed by atoms with Crippen LogP contribution >= 0.6 is 27.5 Å². The van der Waals surface area contributed by atoms with Gasteiger partial charge in [-0.2, -0.15) is 0 Å². The number of piperidine rings is 1. The van der Waals surface area contributed by atoms with E-state index in [4.69, 9.17) is 16.3 Å². The van der Waals surface area contributed by atoms with E-state index in [9.17, 15) is 0 Å². The summed E-state index contributed by atoms with van der Waals surface area (Å²) in [6, 6.07) is 6.23. The lowest BCUT2D eigenvalue weighted by atomic mass is 10.0. The first kappa shape index (κ1) is 13.2. The summed E-state index contributed by atoms with van der Waals surface area (Å²) in [7, 11) is 0. The van der Waals surface area contributed by atoms with Gasteiger partial charge in [-0.1, -0.05) is 18.0 Å². The van der Waals surface area contributed by atoms with Crippen molar-refractivity contribution in [3.8, 4) is 5.75 Å². The van der Waals surface area contributed by atoms with Gasteiger partial charge in [-0.05, 0) is 59.9 Å². The summed E-state index contributed by atoms with van der Waals surface area (Å²) in [5, 5.41) is 4.24. The topological polar surface area (TPSA) is 21.3 Å². The largest absolute Gasteiger partial charge is 0.492 e. The Hall–Kier alpha value is -0.250. The quantitative estimate of drug-likeness (QED) is 0.905. The minimum Gasteiger partial charge on any atom is -0.492 e. The molecule has 1 aromatic rings. The van der Waals surface area contributed by atoms with Gasteiger partial charge in [-0.3, -0.25) is 0 Å². The van der Waals surface area contributed by atoms with Crippen LogP contribution in [-0.2, 0) is 0 Å². The number of hydrogen-bond donors (Lipinski definition) is 1. The molecule has 1 aromatic carbocycles. The first-order chi connectivity index (χ1) is 8.25. The van der Waals surface area contributed by atoms with Crippen LogP contribution in [0.25, 0.3) is 0 Å². The van der Waals surface area contributed by atoms with Crippen LogP contribution in [0.2, 0.25) is 5.02 Å². The van der Waals surface area contributed by atoms with E-state index in [1.54, 1.807) is 0 Å². The van der Waals surface area contributed by atoms with Crippen LogP contribution in [0.15, 0.2) is 22.7 Å². The lowest BCUT2D eigenvalue weighted by molar-refractivity contribution is 0.267. The van der Waals surface area contributed by atoms with Crippen molar-refractivity contribution in [1.82, 2.24) is 5.32 Å². The van der Waals surface area contributed by atoms with Gasteiger partial charge in [-0.25, -0.2) is 0 Å². The average molecular weight is 319 g/mol. The van der Waals surface area contributed by atoms with E-state index >= 15 is 0 Å². The minimum absolute atomic E-state index is 0.620. The second-order valence-electron chi connectivity index (χ2n) is 4.36. The lowest BCUT2D eigenvalue weighted by Gasteiger charge is -2.23. The zero-order chi connectivity index (χ0) is 12.1. The van der Waals surface area contributed by atoms with Gasteiger partial charge in [0.05, 0.1) is 11.1 Å². The third-order valence-electron chi connectivity index (χ3n) is 3.03. The van der Waals surface area contributed by atoms with Gasteiger partial charge in [-0.15, -0.1) is 0 Å². The highest BCUT2D eigenvalue weighted by Gasteiger charge is 2.12. The Morgan fingerprint density at radius 2 is 2.29 bits per heavy atom. The van der Waals surface area contributed by atoms with E-state index in [0.717, 1.165) is 34.8 Å². The molecule has 1 heterocycles. The van der Waals surface area contributed by atoms with Crippen LogP contribution in [0.4, 0.5) is 0 Å². The molecule has 94 valence electrons. The summed E-state index contributed by atoms with van der Waals surface area (Å²) in [6.45, 7) is 1.90. The third-order valence-corrected chi connectivity index (χ3v) is 3.88. The van der Waals surface area contributed by atoms with Crippen molar-refractivity contribution in [2.75, 3.05) is 13.2 Å². The molecule has 0 unspecified atom stereocenters. The first-order valence-corrected chi connectivity index (χ1v) is 7.24. The zero-order valence-corrected chi connectivity index (χ0v) is 12.1. The summed E-state index contributed by atoms with van der Waals surface area (Å²) < 4.78 is 6.67. The maximum Gasteiger partial charge on any atom is 0.133 e. The van der Waals surface area contributed by atoms with Gasteiger partial charge < -0.3 is 10.1 Å². The van der Waals surface area contributed by atoms with E-state index in [0.29, 0.717) is 6.04 Å². The molecule has 1 atom stereocenters. The molecular weight excluding hydrogens is 302 g/mol. The van der Waals surface area contributed by atoms with E-state index < -0.39 is 0 Å². The van der Waals surface area contributed by atoms with E-state index in [2.05, 4.69) is 21.2 Å². The van der Waals surface area contributed by atoms with Crippen molar-refractivity contribution in [2.45, 2.75) is 31.7 Å². The number of hydrogen-bond acceptors (Lipinski definition) is 2. The van der Waals surface area contributed by atoms with Crippen LogP contribution in [0, 0.1) is 0 Å². The molecule has 0 spiro atoms. The average Bonchev–Trinajstić information content (AvgIpc) is 2.33. The van der Waals surface area contributed by atoms with Gasteiger partial charge in [0.25, 0.3) is 0 Å². The van der Waals surface area contributed by atoms with Crippen molar-refractivity contribution >= 4 is 27.5 Å². The highest BCUT2D eigenvalue weighted by atomic mass is 79.9. The van der Waals surface area contributed by atoms with Crippen molar-refractivity contribution in [3.05, 3.63) is 27.7 Å². The molecule has 1 aliphatic heterocycles. The molecule has 17 heavy (non-hydrogen) atoms. The molecule has 1 N–H and O–H groups in total. The highest BCUT2D eigenvalue weighted by molar-refractivity contribution is 9.10.